The van der Waals surface area contributed by atoms with Crippen molar-refractivity contribution in [2.45, 2.75) is 6.54 Å². The van der Waals surface area contributed by atoms with Crippen LogP contribution in [0.2, 0.25) is 0 Å². The molecule has 0 atom stereocenters. The van der Waals surface area contributed by atoms with Gasteiger partial charge in [0.15, 0.2) is 0 Å². The van der Waals surface area contributed by atoms with Gasteiger partial charge in [-0.25, -0.2) is 0 Å². The molecule has 0 fully saturated rings. The molecule has 6 heteroatoms. The molecular weight excluding hydrogens is 338 g/mol. The van der Waals surface area contributed by atoms with Crippen molar-refractivity contribution in [2.75, 3.05) is 5.32 Å². The quantitative estimate of drug-likeness (QED) is 0.592. The number of rotatable bonds is 5. The first-order valence-corrected chi connectivity index (χ1v) is 8.55. The molecule has 0 aliphatic rings. The molecule has 0 spiro atoms. The van der Waals surface area contributed by atoms with Crippen molar-refractivity contribution in [3.05, 3.63) is 96.6 Å². The summed E-state index contributed by atoms with van der Waals surface area (Å²) in [4.78, 5) is 21.2. The summed E-state index contributed by atoms with van der Waals surface area (Å²) >= 11 is 0. The Morgan fingerprint density at radius 1 is 0.963 bits per heavy atom. The molecule has 1 aromatic carbocycles. The fourth-order valence-corrected chi connectivity index (χ4v) is 2.70. The van der Waals surface area contributed by atoms with Crippen LogP contribution in [0.15, 0.2) is 85.3 Å². The Labute approximate surface area is 156 Å². The minimum atomic E-state index is -0.290. The van der Waals surface area contributed by atoms with Gasteiger partial charge < -0.3 is 5.32 Å². The van der Waals surface area contributed by atoms with Crippen LogP contribution in [-0.4, -0.2) is 25.7 Å². The fraction of sp³-hybridized carbons (Fsp3) is 0.0476. The Hall–Kier alpha value is -3.80. The van der Waals surface area contributed by atoms with Gasteiger partial charge in [0.05, 0.1) is 5.69 Å². The van der Waals surface area contributed by atoms with E-state index in [4.69, 9.17) is 0 Å². The highest BCUT2D eigenvalue weighted by molar-refractivity contribution is 5.96. The van der Waals surface area contributed by atoms with E-state index in [0.29, 0.717) is 23.8 Å². The lowest BCUT2D eigenvalue weighted by Crippen LogP contribution is -2.18. The number of pyridine rings is 2. The molecule has 0 saturated heterocycles. The summed E-state index contributed by atoms with van der Waals surface area (Å²) in [7, 11) is 0. The summed E-state index contributed by atoms with van der Waals surface area (Å²) in [5, 5.41) is 7.80. The molecule has 4 rings (SSSR count). The molecule has 27 heavy (non-hydrogen) atoms. The highest BCUT2D eigenvalue weighted by Gasteiger charge is 2.18. The van der Waals surface area contributed by atoms with Gasteiger partial charge in [-0.05, 0) is 29.8 Å². The van der Waals surface area contributed by atoms with Crippen molar-refractivity contribution in [3.8, 4) is 11.3 Å². The summed E-state index contributed by atoms with van der Waals surface area (Å²) in [6.45, 7) is 0.578. The molecule has 3 heterocycles. The first-order chi connectivity index (χ1) is 13.3. The van der Waals surface area contributed by atoms with Gasteiger partial charge in [0.1, 0.15) is 11.5 Å². The van der Waals surface area contributed by atoms with E-state index in [0.717, 1.165) is 11.1 Å². The van der Waals surface area contributed by atoms with Crippen LogP contribution in [0, 0.1) is 0 Å². The van der Waals surface area contributed by atoms with Crippen molar-refractivity contribution < 1.29 is 4.79 Å². The van der Waals surface area contributed by atoms with Gasteiger partial charge in [-0.2, -0.15) is 9.78 Å². The van der Waals surface area contributed by atoms with Crippen LogP contribution in [0.1, 0.15) is 16.1 Å². The molecule has 0 radical (unpaired) electrons. The summed E-state index contributed by atoms with van der Waals surface area (Å²) < 4.78 is 1.35. The highest BCUT2D eigenvalue weighted by atomic mass is 16.2. The predicted molar refractivity (Wildman–Crippen MR) is 103 cm³/mol. The second-order valence-electron chi connectivity index (χ2n) is 5.93. The van der Waals surface area contributed by atoms with Gasteiger partial charge in [-0.3, -0.25) is 14.8 Å². The van der Waals surface area contributed by atoms with E-state index < -0.39 is 0 Å². The minimum Gasteiger partial charge on any atom is -0.366 e. The molecule has 4 aromatic rings. The maximum absolute atomic E-state index is 12.9. The summed E-state index contributed by atoms with van der Waals surface area (Å²) in [6, 6.07) is 20.8. The van der Waals surface area contributed by atoms with E-state index >= 15 is 0 Å². The highest BCUT2D eigenvalue weighted by Crippen LogP contribution is 2.22. The van der Waals surface area contributed by atoms with Gasteiger partial charge in [-0.1, -0.05) is 36.4 Å². The van der Waals surface area contributed by atoms with Crippen LogP contribution >= 0.6 is 0 Å². The third kappa shape index (κ3) is 3.74. The zero-order valence-corrected chi connectivity index (χ0v) is 14.5. The number of nitrogens with one attached hydrogen (secondary N) is 1. The van der Waals surface area contributed by atoms with Crippen LogP contribution in [-0.2, 0) is 6.54 Å². The van der Waals surface area contributed by atoms with Crippen LogP contribution in [0.3, 0.4) is 0 Å². The second kappa shape index (κ2) is 7.61. The maximum Gasteiger partial charge on any atom is 0.298 e. The number of hydrogen-bond donors (Lipinski definition) is 1. The van der Waals surface area contributed by atoms with E-state index in [-0.39, 0.29) is 5.91 Å². The van der Waals surface area contributed by atoms with E-state index in [2.05, 4.69) is 20.4 Å². The summed E-state index contributed by atoms with van der Waals surface area (Å²) in [6.07, 6.45) is 5.02. The average Bonchev–Trinajstić information content (AvgIpc) is 3.18. The number of carbonyl (C=O) groups is 1. The largest absolute Gasteiger partial charge is 0.366 e. The van der Waals surface area contributed by atoms with Crippen molar-refractivity contribution in [1.29, 1.82) is 0 Å². The standard InChI is InChI=1S/C21H17N5O/c27-21(18-10-4-5-12-23-18)26-20(24-14-16-7-2-1-3-8-16)13-19(25-26)17-9-6-11-22-15-17/h1-13,15,24H,14H2. The fourth-order valence-electron chi connectivity index (χ4n) is 2.70. The molecule has 1 N–H and O–H groups in total. The number of aromatic nitrogens is 4. The minimum absolute atomic E-state index is 0.290. The molecule has 132 valence electrons. The van der Waals surface area contributed by atoms with E-state index in [1.54, 1.807) is 36.8 Å². The Balaban J connectivity index is 1.69. The van der Waals surface area contributed by atoms with Crippen molar-refractivity contribution in [2.24, 2.45) is 0 Å². The second-order valence-corrected chi connectivity index (χ2v) is 5.93. The number of hydrogen-bond acceptors (Lipinski definition) is 5. The van der Waals surface area contributed by atoms with Gasteiger partial charge in [0.2, 0.25) is 0 Å². The molecule has 0 unspecified atom stereocenters. The molecular formula is C21H17N5O. The lowest BCUT2D eigenvalue weighted by molar-refractivity contribution is 0.0943. The molecule has 3 aromatic heterocycles. The lowest BCUT2D eigenvalue weighted by Gasteiger charge is -2.08. The number of benzene rings is 1. The van der Waals surface area contributed by atoms with Gasteiger partial charge >= 0.3 is 0 Å². The van der Waals surface area contributed by atoms with Gasteiger partial charge in [0, 0.05) is 36.8 Å². The maximum atomic E-state index is 12.9. The molecule has 0 bridgehead atoms. The van der Waals surface area contributed by atoms with E-state index in [9.17, 15) is 4.79 Å². The summed E-state index contributed by atoms with van der Waals surface area (Å²) in [5.74, 6) is 0.315. The van der Waals surface area contributed by atoms with E-state index in [1.165, 1.54) is 4.68 Å². The number of carbonyl (C=O) groups excluding carboxylic acids is 1. The van der Waals surface area contributed by atoms with Crippen LogP contribution < -0.4 is 5.32 Å². The Kier molecular flexibility index (Phi) is 4.70. The molecule has 0 saturated carbocycles. The Morgan fingerprint density at radius 3 is 2.56 bits per heavy atom. The monoisotopic (exact) mass is 355 g/mol. The van der Waals surface area contributed by atoms with Crippen LogP contribution in [0.25, 0.3) is 11.3 Å². The third-order valence-corrected chi connectivity index (χ3v) is 4.06. The van der Waals surface area contributed by atoms with Gasteiger partial charge in [-0.15, -0.1) is 0 Å². The third-order valence-electron chi connectivity index (χ3n) is 4.06. The number of anilines is 1. The Morgan fingerprint density at radius 2 is 1.81 bits per heavy atom. The van der Waals surface area contributed by atoms with Crippen molar-refractivity contribution in [1.82, 2.24) is 19.7 Å². The average molecular weight is 355 g/mol. The Bertz CT molecular complexity index is 1030. The van der Waals surface area contributed by atoms with Crippen LogP contribution in [0.5, 0.6) is 0 Å². The van der Waals surface area contributed by atoms with E-state index in [1.807, 2.05) is 48.5 Å². The smallest absolute Gasteiger partial charge is 0.298 e. The molecule has 0 aliphatic heterocycles. The van der Waals surface area contributed by atoms with Crippen molar-refractivity contribution in [3.63, 3.8) is 0 Å². The SMILES string of the molecule is O=C(c1ccccn1)n1nc(-c2cccnc2)cc1NCc1ccccc1. The zero-order valence-electron chi connectivity index (χ0n) is 14.5. The van der Waals surface area contributed by atoms with Crippen molar-refractivity contribution >= 4 is 11.7 Å². The first-order valence-electron chi connectivity index (χ1n) is 8.55. The molecule has 6 nitrogen and oxygen atoms in total. The number of nitrogens with zero attached hydrogens (tertiary/aromatic N) is 4. The molecule has 0 aliphatic carbocycles. The molecule has 0 amide bonds. The van der Waals surface area contributed by atoms with Crippen LogP contribution in [0.4, 0.5) is 5.82 Å². The topological polar surface area (TPSA) is 72.7 Å². The van der Waals surface area contributed by atoms with Gasteiger partial charge in [0.25, 0.3) is 5.91 Å². The zero-order chi connectivity index (χ0) is 18.5. The predicted octanol–water partition coefficient (Wildman–Crippen LogP) is 3.64. The normalized spacial score (nSPS) is 10.5. The first kappa shape index (κ1) is 16.7. The summed E-state index contributed by atoms with van der Waals surface area (Å²) in [5.41, 5.74) is 2.95. The lowest BCUT2D eigenvalue weighted by atomic mass is 10.2.